The van der Waals surface area contributed by atoms with Crippen LogP contribution in [0.25, 0.3) is 0 Å². The lowest BCUT2D eigenvalue weighted by Gasteiger charge is -2.09. The summed E-state index contributed by atoms with van der Waals surface area (Å²) in [5.74, 6) is 0.331. The lowest BCUT2D eigenvalue weighted by atomic mass is 10.0. The van der Waals surface area contributed by atoms with Gasteiger partial charge in [0, 0.05) is 5.56 Å². The zero-order valence-electron chi connectivity index (χ0n) is 14.3. The molecule has 0 saturated heterocycles. The van der Waals surface area contributed by atoms with Crippen molar-refractivity contribution in [2.45, 2.75) is 27.7 Å². The van der Waals surface area contributed by atoms with Crippen LogP contribution in [0.2, 0.25) is 0 Å². The van der Waals surface area contributed by atoms with E-state index in [-0.39, 0.29) is 12.5 Å². The highest BCUT2D eigenvalue weighted by Gasteiger charge is 2.07. The molecule has 0 fully saturated rings. The van der Waals surface area contributed by atoms with Crippen LogP contribution < -0.4 is 10.2 Å². The summed E-state index contributed by atoms with van der Waals surface area (Å²) < 4.78 is 6.33. The third-order valence-corrected chi connectivity index (χ3v) is 4.19. The molecule has 2 aromatic carbocycles. The molecule has 1 amide bonds. The monoisotopic (exact) mass is 388 g/mol. The Balaban J connectivity index is 1.94. The Bertz CT molecular complexity index is 785. The van der Waals surface area contributed by atoms with Crippen molar-refractivity contribution < 1.29 is 9.53 Å². The van der Waals surface area contributed by atoms with Crippen LogP contribution >= 0.6 is 15.9 Å². The summed E-state index contributed by atoms with van der Waals surface area (Å²) in [6.07, 6.45) is 0. The molecule has 0 bridgehead atoms. The number of rotatable bonds is 5. The number of hydrazone groups is 1. The molecule has 0 saturated carbocycles. The van der Waals surface area contributed by atoms with E-state index < -0.39 is 0 Å². The molecule has 0 aliphatic rings. The van der Waals surface area contributed by atoms with E-state index in [2.05, 4.69) is 32.5 Å². The van der Waals surface area contributed by atoms with Crippen LogP contribution in [0.3, 0.4) is 0 Å². The minimum Gasteiger partial charge on any atom is -0.483 e. The van der Waals surface area contributed by atoms with Gasteiger partial charge in [-0.05, 0) is 66.9 Å². The minimum absolute atomic E-state index is 0.0919. The molecule has 0 spiro atoms. The largest absolute Gasteiger partial charge is 0.483 e. The van der Waals surface area contributed by atoms with Crippen molar-refractivity contribution in [1.29, 1.82) is 0 Å². The number of amides is 1. The van der Waals surface area contributed by atoms with Crippen molar-refractivity contribution in [3.8, 4) is 5.75 Å². The van der Waals surface area contributed by atoms with E-state index in [0.717, 1.165) is 26.9 Å². The molecular formula is C19H21BrN2O2. The first-order valence-corrected chi connectivity index (χ1v) is 8.46. The van der Waals surface area contributed by atoms with Crippen LogP contribution in [0.1, 0.15) is 29.2 Å². The number of hydrogen-bond acceptors (Lipinski definition) is 3. The van der Waals surface area contributed by atoms with Crippen LogP contribution in [-0.4, -0.2) is 18.2 Å². The lowest BCUT2D eigenvalue weighted by Crippen LogP contribution is -2.25. The van der Waals surface area contributed by atoms with Gasteiger partial charge in [0.05, 0.1) is 10.2 Å². The molecule has 2 rings (SSSR count). The second-order valence-corrected chi connectivity index (χ2v) is 6.63. The molecule has 126 valence electrons. The molecule has 0 aliphatic heterocycles. The molecule has 4 nitrogen and oxygen atoms in total. The average Bonchev–Trinajstić information content (AvgIpc) is 2.51. The van der Waals surface area contributed by atoms with Crippen LogP contribution in [0, 0.1) is 20.8 Å². The Labute approximate surface area is 151 Å². The normalized spacial score (nSPS) is 11.3. The maximum atomic E-state index is 11.9. The van der Waals surface area contributed by atoms with Gasteiger partial charge in [0.15, 0.2) is 6.61 Å². The molecule has 1 N–H and O–H groups in total. The number of carbonyl (C=O) groups is 1. The summed E-state index contributed by atoms with van der Waals surface area (Å²) in [7, 11) is 0. The summed E-state index contributed by atoms with van der Waals surface area (Å²) in [4.78, 5) is 11.9. The van der Waals surface area contributed by atoms with E-state index in [1.54, 1.807) is 0 Å². The molecule has 0 radical (unpaired) electrons. The number of carbonyl (C=O) groups excluding carboxylic acids is 1. The average molecular weight is 389 g/mol. The Morgan fingerprint density at radius 3 is 2.46 bits per heavy atom. The Morgan fingerprint density at radius 2 is 1.79 bits per heavy atom. The second kappa shape index (κ2) is 8.11. The fourth-order valence-electron chi connectivity index (χ4n) is 2.32. The first-order valence-electron chi connectivity index (χ1n) is 7.66. The maximum Gasteiger partial charge on any atom is 0.277 e. The zero-order valence-corrected chi connectivity index (χ0v) is 15.9. The standard InChI is InChI=1S/C19H21BrN2O2/c1-12-5-7-16(14(3)9-12)15(4)21-22-19(23)11-24-18-8-6-13(2)10-17(18)20/h5-10H,11H2,1-4H3,(H,22,23)/b21-15+. The second-order valence-electron chi connectivity index (χ2n) is 5.77. The van der Waals surface area contributed by atoms with Gasteiger partial charge in [-0.3, -0.25) is 4.79 Å². The van der Waals surface area contributed by atoms with E-state index in [4.69, 9.17) is 4.74 Å². The lowest BCUT2D eigenvalue weighted by molar-refractivity contribution is -0.123. The van der Waals surface area contributed by atoms with Gasteiger partial charge in [0.2, 0.25) is 0 Å². The predicted molar refractivity (Wildman–Crippen MR) is 101 cm³/mol. The third-order valence-electron chi connectivity index (χ3n) is 3.57. The highest BCUT2D eigenvalue weighted by molar-refractivity contribution is 9.10. The number of nitrogens with zero attached hydrogens (tertiary/aromatic N) is 1. The quantitative estimate of drug-likeness (QED) is 0.613. The van der Waals surface area contributed by atoms with Crippen LogP contribution in [0.15, 0.2) is 46.0 Å². The van der Waals surface area contributed by atoms with Crippen molar-refractivity contribution in [3.05, 3.63) is 63.1 Å². The molecule has 5 heteroatoms. The van der Waals surface area contributed by atoms with E-state index in [9.17, 15) is 4.79 Å². The summed E-state index contributed by atoms with van der Waals surface area (Å²) in [5, 5.41) is 4.16. The molecule has 0 atom stereocenters. The number of benzene rings is 2. The van der Waals surface area contributed by atoms with Crippen LogP contribution in [0.4, 0.5) is 0 Å². The zero-order chi connectivity index (χ0) is 17.7. The molecule has 2 aromatic rings. The summed E-state index contributed by atoms with van der Waals surface area (Å²) in [6, 6.07) is 11.8. The summed E-state index contributed by atoms with van der Waals surface area (Å²) >= 11 is 3.42. The van der Waals surface area contributed by atoms with Gasteiger partial charge in [-0.1, -0.05) is 29.8 Å². The predicted octanol–water partition coefficient (Wildman–Crippen LogP) is 4.29. The van der Waals surface area contributed by atoms with E-state index >= 15 is 0 Å². The van der Waals surface area contributed by atoms with Gasteiger partial charge in [-0.25, -0.2) is 5.43 Å². The summed E-state index contributed by atoms with van der Waals surface area (Å²) in [5.41, 5.74) is 7.76. The molecule has 0 aromatic heterocycles. The molecule has 0 heterocycles. The molecule has 0 unspecified atom stereocenters. The maximum absolute atomic E-state index is 11.9. The number of halogens is 1. The Kier molecular flexibility index (Phi) is 6.15. The fraction of sp³-hybridized carbons (Fsp3) is 0.263. The number of hydrogen-bond donors (Lipinski definition) is 1. The van der Waals surface area contributed by atoms with Crippen molar-refractivity contribution >= 4 is 27.5 Å². The Morgan fingerprint density at radius 1 is 1.12 bits per heavy atom. The minimum atomic E-state index is -0.299. The smallest absolute Gasteiger partial charge is 0.277 e. The van der Waals surface area contributed by atoms with Crippen molar-refractivity contribution in [2.24, 2.45) is 5.10 Å². The van der Waals surface area contributed by atoms with Gasteiger partial charge in [0.1, 0.15) is 5.75 Å². The first-order chi connectivity index (χ1) is 11.4. The SMILES string of the molecule is C/C(=N\NC(=O)COc1ccc(C)cc1Br)c1ccc(C)cc1C. The van der Waals surface area contributed by atoms with Crippen LogP contribution in [-0.2, 0) is 4.79 Å². The van der Waals surface area contributed by atoms with E-state index in [1.165, 1.54) is 5.56 Å². The number of nitrogens with one attached hydrogen (secondary N) is 1. The number of ether oxygens (including phenoxy) is 1. The highest BCUT2D eigenvalue weighted by Crippen LogP contribution is 2.25. The van der Waals surface area contributed by atoms with Crippen molar-refractivity contribution in [2.75, 3.05) is 6.61 Å². The third kappa shape index (κ3) is 4.93. The van der Waals surface area contributed by atoms with Gasteiger partial charge >= 0.3 is 0 Å². The fourth-order valence-corrected chi connectivity index (χ4v) is 2.93. The topological polar surface area (TPSA) is 50.7 Å². The van der Waals surface area contributed by atoms with Gasteiger partial charge in [-0.15, -0.1) is 0 Å². The van der Waals surface area contributed by atoms with Crippen molar-refractivity contribution in [1.82, 2.24) is 5.43 Å². The molecule has 24 heavy (non-hydrogen) atoms. The molecule has 0 aliphatic carbocycles. The van der Waals surface area contributed by atoms with E-state index in [1.807, 2.05) is 58.0 Å². The van der Waals surface area contributed by atoms with Crippen LogP contribution in [0.5, 0.6) is 5.75 Å². The summed E-state index contributed by atoms with van der Waals surface area (Å²) in [6.45, 7) is 7.85. The van der Waals surface area contributed by atoms with Gasteiger partial charge in [-0.2, -0.15) is 5.10 Å². The highest BCUT2D eigenvalue weighted by atomic mass is 79.9. The Hall–Kier alpha value is -2.14. The van der Waals surface area contributed by atoms with Crippen molar-refractivity contribution in [3.63, 3.8) is 0 Å². The number of aryl methyl sites for hydroxylation is 3. The first kappa shape index (κ1) is 18.2. The molecular weight excluding hydrogens is 368 g/mol. The van der Waals surface area contributed by atoms with E-state index in [0.29, 0.717) is 5.75 Å². The van der Waals surface area contributed by atoms with Gasteiger partial charge < -0.3 is 4.74 Å². The van der Waals surface area contributed by atoms with Gasteiger partial charge in [0.25, 0.3) is 5.91 Å².